The number of carboxylic acids is 1. The third-order valence-corrected chi connectivity index (χ3v) is 9.69. The average Bonchev–Trinajstić information content (AvgIpc) is 3.10. The van der Waals surface area contributed by atoms with Gasteiger partial charge in [-0.2, -0.15) is 0 Å². The summed E-state index contributed by atoms with van der Waals surface area (Å²) >= 11 is 0. The van der Waals surface area contributed by atoms with Crippen molar-refractivity contribution in [1.82, 2.24) is 19.8 Å². The highest BCUT2D eigenvalue weighted by Gasteiger charge is 2.25. The summed E-state index contributed by atoms with van der Waals surface area (Å²) in [6.07, 6.45) is 7.00. The molecule has 2 aliphatic rings. The van der Waals surface area contributed by atoms with Gasteiger partial charge in [-0.05, 0) is 95.7 Å². The molecular formula is C39H43N5O4. The molecule has 9 nitrogen and oxygen atoms in total. The van der Waals surface area contributed by atoms with Gasteiger partial charge in [-0.3, -0.25) is 19.6 Å². The lowest BCUT2D eigenvalue weighted by Gasteiger charge is -2.34. The van der Waals surface area contributed by atoms with Crippen LogP contribution >= 0.6 is 0 Å². The molecule has 0 radical (unpaired) electrons. The Morgan fingerprint density at radius 1 is 0.979 bits per heavy atom. The summed E-state index contributed by atoms with van der Waals surface area (Å²) in [6.45, 7) is 8.81. The van der Waals surface area contributed by atoms with Crippen LogP contribution in [0.3, 0.4) is 0 Å². The quantitative estimate of drug-likeness (QED) is 0.157. The van der Waals surface area contributed by atoms with Crippen LogP contribution in [0.5, 0.6) is 5.75 Å². The fourth-order valence-electron chi connectivity index (χ4n) is 7.03. The lowest BCUT2D eigenvalue weighted by atomic mass is 9.96. The molecule has 2 fully saturated rings. The molecule has 2 saturated heterocycles. The molecule has 1 atom stereocenters. The smallest absolute Gasteiger partial charge is 0.304 e. The molecular weight excluding hydrogens is 602 g/mol. The van der Waals surface area contributed by atoms with Crippen LogP contribution in [0, 0.1) is 6.92 Å². The highest BCUT2D eigenvalue weighted by atomic mass is 16.5. The Balaban J connectivity index is 1.08. The number of carboxylic acid groups (broad SMARTS) is 1. The normalized spacial score (nSPS) is 17.5. The molecule has 0 saturated carbocycles. The van der Waals surface area contributed by atoms with Crippen LogP contribution in [0.1, 0.15) is 36.8 Å². The second-order valence-corrected chi connectivity index (χ2v) is 12.9. The molecule has 7 rings (SSSR count). The van der Waals surface area contributed by atoms with Gasteiger partial charge in [0.25, 0.3) is 0 Å². The van der Waals surface area contributed by atoms with Gasteiger partial charge in [-0.15, -0.1) is 0 Å². The van der Waals surface area contributed by atoms with Gasteiger partial charge in [0.05, 0.1) is 19.6 Å². The number of morpholine rings is 1. The number of fused-ring (bicyclic) bond motifs is 2. The van der Waals surface area contributed by atoms with E-state index in [-0.39, 0.29) is 12.5 Å². The van der Waals surface area contributed by atoms with Crippen molar-refractivity contribution in [3.05, 3.63) is 90.3 Å². The number of benzene rings is 3. The van der Waals surface area contributed by atoms with E-state index in [2.05, 4.69) is 87.7 Å². The maximum atomic E-state index is 11.4. The number of aliphatic carboxylic acids is 1. The van der Waals surface area contributed by atoms with E-state index < -0.39 is 5.97 Å². The van der Waals surface area contributed by atoms with Crippen LogP contribution in [0.2, 0.25) is 0 Å². The molecule has 0 bridgehead atoms. The minimum absolute atomic E-state index is 0.0698. The topological polar surface area (TPSA) is 100 Å². The first-order chi connectivity index (χ1) is 23.5. The first-order valence-corrected chi connectivity index (χ1v) is 17.0. The van der Waals surface area contributed by atoms with Gasteiger partial charge in [0.2, 0.25) is 0 Å². The van der Waals surface area contributed by atoms with Crippen LogP contribution in [0.4, 0.5) is 11.5 Å². The molecule has 5 aromatic rings. The van der Waals surface area contributed by atoms with Crippen molar-refractivity contribution < 1.29 is 19.4 Å². The fraction of sp³-hybridized carbons (Fsp3) is 0.359. The van der Waals surface area contributed by atoms with Crippen molar-refractivity contribution in [1.29, 1.82) is 0 Å². The minimum atomic E-state index is -0.736. The van der Waals surface area contributed by atoms with Crippen molar-refractivity contribution in [3.8, 4) is 16.9 Å². The number of likely N-dealkylation sites (tertiary alicyclic amines) is 1. The molecule has 2 aliphatic heterocycles. The number of ether oxygens (including phenoxy) is 2. The Morgan fingerprint density at radius 2 is 1.85 bits per heavy atom. The predicted octanol–water partition coefficient (Wildman–Crippen LogP) is 7.04. The number of rotatable bonds is 11. The van der Waals surface area contributed by atoms with E-state index in [4.69, 9.17) is 14.5 Å². The highest BCUT2D eigenvalue weighted by Crippen LogP contribution is 2.34. The minimum Gasteiger partial charge on any atom is -0.492 e. The second kappa shape index (κ2) is 14.7. The van der Waals surface area contributed by atoms with E-state index in [0.717, 1.165) is 109 Å². The number of nitrogens with one attached hydrogen (secondary N) is 1. The summed E-state index contributed by atoms with van der Waals surface area (Å²) < 4.78 is 11.6. The number of carbonyl (C=O) groups is 1. The molecule has 4 heterocycles. The zero-order valence-corrected chi connectivity index (χ0v) is 27.5. The molecule has 9 heteroatoms. The summed E-state index contributed by atoms with van der Waals surface area (Å²) in [4.78, 5) is 25.6. The largest absolute Gasteiger partial charge is 0.492 e. The number of aromatic nitrogens is 2. The van der Waals surface area contributed by atoms with Crippen molar-refractivity contribution in [2.75, 3.05) is 51.3 Å². The van der Waals surface area contributed by atoms with Crippen molar-refractivity contribution in [2.45, 2.75) is 45.2 Å². The SMILES string of the molecule is Cc1c(Nc2nccc3cc(CN4CCCCC4CC(=O)O)cnc23)cccc1-c1ccc2ccc(OCCN3CCOCC3)cc2c1. The summed E-state index contributed by atoms with van der Waals surface area (Å²) in [6, 6.07) is 23.4. The van der Waals surface area contributed by atoms with Gasteiger partial charge in [0, 0.05) is 55.7 Å². The van der Waals surface area contributed by atoms with E-state index in [9.17, 15) is 9.90 Å². The van der Waals surface area contributed by atoms with Crippen LogP contribution in [-0.4, -0.2) is 82.9 Å². The predicted molar refractivity (Wildman–Crippen MR) is 190 cm³/mol. The van der Waals surface area contributed by atoms with E-state index in [1.165, 1.54) is 5.39 Å². The van der Waals surface area contributed by atoms with Crippen LogP contribution in [0.25, 0.3) is 32.8 Å². The Labute approximate surface area is 281 Å². The van der Waals surface area contributed by atoms with Crippen molar-refractivity contribution in [3.63, 3.8) is 0 Å². The molecule has 0 amide bonds. The Kier molecular flexibility index (Phi) is 9.79. The monoisotopic (exact) mass is 645 g/mol. The van der Waals surface area contributed by atoms with Crippen LogP contribution in [0.15, 0.2) is 79.1 Å². The number of pyridine rings is 2. The number of anilines is 2. The maximum Gasteiger partial charge on any atom is 0.304 e. The lowest BCUT2D eigenvalue weighted by Crippen LogP contribution is -2.40. The van der Waals surface area contributed by atoms with E-state index >= 15 is 0 Å². The van der Waals surface area contributed by atoms with Gasteiger partial charge < -0.3 is 19.9 Å². The third-order valence-electron chi connectivity index (χ3n) is 9.69. The Hall–Kier alpha value is -4.57. The van der Waals surface area contributed by atoms with Crippen LogP contribution < -0.4 is 10.1 Å². The molecule has 248 valence electrons. The maximum absolute atomic E-state index is 11.4. The average molecular weight is 646 g/mol. The molecule has 0 aliphatic carbocycles. The number of hydrogen-bond acceptors (Lipinski definition) is 8. The van der Waals surface area contributed by atoms with Crippen molar-refractivity contribution >= 4 is 39.1 Å². The zero-order chi connectivity index (χ0) is 32.9. The molecule has 2 aromatic heterocycles. The van der Waals surface area contributed by atoms with E-state index in [1.807, 2.05) is 18.5 Å². The standard InChI is InChI=1S/C39H43N5O4/c1-27-35(30-9-8-29-10-11-34(23-32(29)22-30)48-20-17-43-15-18-47-19-16-43)6-4-7-36(27)42-39-38-31(12-13-40-39)21-28(25-41-38)26-44-14-3-2-5-33(44)24-37(45)46/h4,6-13,21-23,25,33H,2-3,5,14-20,24,26H2,1H3,(H,40,42)(H,45,46). The third kappa shape index (κ3) is 7.44. The summed E-state index contributed by atoms with van der Waals surface area (Å²) in [7, 11) is 0. The fourth-order valence-corrected chi connectivity index (χ4v) is 7.03. The van der Waals surface area contributed by atoms with Crippen molar-refractivity contribution in [2.24, 2.45) is 0 Å². The van der Waals surface area contributed by atoms with Gasteiger partial charge in [-0.1, -0.05) is 36.8 Å². The first kappa shape index (κ1) is 32.0. The van der Waals surface area contributed by atoms with Gasteiger partial charge in [-0.25, -0.2) is 4.98 Å². The molecule has 48 heavy (non-hydrogen) atoms. The first-order valence-electron chi connectivity index (χ1n) is 17.0. The highest BCUT2D eigenvalue weighted by molar-refractivity contribution is 5.92. The molecule has 0 spiro atoms. The second-order valence-electron chi connectivity index (χ2n) is 12.9. The summed E-state index contributed by atoms with van der Waals surface area (Å²) in [5.74, 6) is 0.854. The Bertz CT molecular complexity index is 1910. The molecule has 3 aromatic carbocycles. The van der Waals surface area contributed by atoms with E-state index in [0.29, 0.717) is 19.0 Å². The number of piperidine rings is 1. The van der Waals surface area contributed by atoms with Gasteiger partial charge in [0.1, 0.15) is 17.9 Å². The van der Waals surface area contributed by atoms with Gasteiger partial charge in [0.15, 0.2) is 5.82 Å². The summed E-state index contributed by atoms with van der Waals surface area (Å²) in [5.41, 5.74) is 6.27. The number of nitrogens with zero attached hydrogens (tertiary/aromatic N) is 4. The Morgan fingerprint density at radius 3 is 2.73 bits per heavy atom. The lowest BCUT2D eigenvalue weighted by molar-refractivity contribution is -0.138. The molecule has 2 N–H and O–H groups in total. The van der Waals surface area contributed by atoms with Crippen LogP contribution in [-0.2, 0) is 16.1 Å². The zero-order valence-electron chi connectivity index (χ0n) is 27.5. The van der Waals surface area contributed by atoms with E-state index in [1.54, 1.807) is 0 Å². The van der Waals surface area contributed by atoms with Gasteiger partial charge >= 0.3 is 5.97 Å². The number of hydrogen-bond donors (Lipinski definition) is 2. The summed E-state index contributed by atoms with van der Waals surface area (Å²) in [5, 5.41) is 16.3. The molecule has 1 unspecified atom stereocenters.